The van der Waals surface area contributed by atoms with E-state index in [4.69, 9.17) is 4.74 Å². The number of carbonyl (C=O) groups is 2. The van der Waals surface area contributed by atoms with Crippen molar-refractivity contribution in [2.45, 2.75) is 19.6 Å². The number of amides is 2. The summed E-state index contributed by atoms with van der Waals surface area (Å²) in [6, 6.07) is 13.2. The Morgan fingerprint density at radius 2 is 1.88 bits per heavy atom. The number of nitrogens with zero attached hydrogens (tertiary/aromatic N) is 2. The van der Waals surface area contributed by atoms with Crippen LogP contribution in [-0.4, -0.2) is 62.0 Å². The highest BCUT2D eigenvalue weighted by Crippen LogP contribution is 2.13. The Hall–Kier alpha value is -2.89. The number of carbonyl (C=O) groups excluding carboxylic acids is 2. The van der Waals surface area contributed by atoms with Gasteiger partial charge in [0.1, 0.15) is 17.7 Å². The van der Waals surface area contributed by atoms with Crippen LogP contribution in [0, 0.1) is 5.82 Å². The molecular formula is C23H29FIN5O3. The van der Waals surface area contributed by atoms with Gasteiger partial charge in [0.05, 0.1) is 13.1 Å². The topological polar surface area (TPSA) is 95.1 Å². The fourth-order valence-electron chi connectivity index (χ4n) is 3.19. The van der Waals surface area contributed by atoms with Crippen LogP contribution in [0.2, 0.25) is 0 Å². The lowest BCUT2D eigenvalue weighted by Crippen LogP contribution is -2.49. The van der Waals surface area contributed by atoms with Crippen LogP contribution in [-0.2, 0) is 11.3 Å². The number of nitrogens with one attached hydrogen (secondary N) is 3. The summed E-state index contributed by atoms with van der Waals surface area (Å²) in [7, 11) is 1.68. The van der Waals surface area contributed by atoms with Gasteiger partial charge in [-0.2, -0.15) is 0 Å². The van der Waals surface area contributed by atoms with Gasteiger partial charge in [-0.25, -0.2) is 4.39 Å². The highest BCUT2D eigenvalue weighted by molar-refractivity contribution is 14.0. The largest absolute Gasteiger partial charge is 0.489 e. The maximum absolute atomic E-state index is 13.0. The van der Waals surface area contributed by atoms with Gasteiger partial charge < -0.3 is 25.6 Å². The van der Waals surface area contributed by atoms with Crippen molar-refractivity contribution in [2.75, 3.05) is 33.2 Å². The molecular weight excluding hydrogens is 540 g/mol. The molecule has 33 heavy (non-hydrogen) atoms. The third-order valence-electron chi connectivity index (χ3n) is 4.92. The molecule has 1 aliphatic rings. The number of ether oxygens (including phenoxy) is 1. The molecule has 2 aromatic carbocycles. The Kier molecular flexibility index (Phi) is 10.4. The zero-order valence-corrected chi connectivity index (χ0v) is 21.0. The molecule has 0 saturated carbocycles. The molecule has 0 spiro atoms. The Labute approximate surface area is 210 Å². The normalized spacial score (nSPS) is 14.6. The summed E-state index contributed by atoms with van der Waals surface area (Å²) >= 11 is 0. The lowest BCUT2D eigenvalue weighted by Gasteiger charge is -2.26. The van der Waals surface area contributed by atoms with Crippen LogP contribution in [0.4, 0.5) is 4.39 Å². The first-order valence-corrected chi connectivity index (χ1v) is 10.5. The molecule has 1 aliphatic heterocycles. The van der Waals surface area contributed by atoms with Crippen LogP contribution in [0.15, 0.2) is 53.5 Å². The minimum atomic E-state index is -0.302. The zero-order valence-electron chi connectivity index (χ0n) is 18.6. The number of hydrogen-bond donors (Lipinski definition) is 3. The third kappa shape index (κ3) is 8.19. The number of hydrogen-bond acceptors (Lipinski definition) is 4. The molecule has 1 unspecified atom stereocenters. The van der Waals surface area contributed by atoms with Gasteiger partial charge in [-0.05, 0) is 48.9 Å². The standard InChI is InChI=1S/C23H28FN5O3.HI/c1-16(32-20-9-7-19(24)8-10-20)13-27-23(25-2)28-14-17-3-5-18(6-4-17)22(31)29-12-11-26-21(30)15-29;/h3-10,16H,11-15H2,1-2H3,(H,26,30)(H2,25,27,28);1H. The molecule has 0 radical (unpaired) electrons. The van der Waals surface area contributed by atoms with E-state index in [-0.39, 0.29) is 54.3 Å². The molecule has 0 aliphatic carbocycles. The van der Waals surface area contributed by atoms with E-state index in [1.54, 1.807) is 36.2 Å². The van der Waals surface area contributed by atoms with Crippen LogP contribution in [0.25, 0.3) is 0 Å². The van der Waals surface area contributed by atoms with Crippen LogP contribution in [0.1, 0.15) is 22.8 Å². The molecule has 10 heteroatoms. The van der Waals surface area contributed by atoms with Crippen LogP contribution in [0.5, 0.6) is 5.75 Å². The van der Waals surface area contributed by atoms with Crippen molar-refractivity contribution >= 4 is 41.8 Å². The summed E-state index contributed by atoms with van der Waals surface area (Å²) in [5.74, 6) is 0.625. The van der Waals surface area contributed by atoms with Gasteiger partial charge in [-0.1, -0.05) is 12.1 Å². The summed E-state index contributed by atoms with van der Waals surface area (Å²) in [5, 5.41) is 9.12. The number of halogens is 2. The molecule has 3 N–H and O–H groups in total. The number of rotatable bonds is 7. The van der Waals surface area contributed by atoms with E-state index in [0.29, 0.717) is 43.5 Å². The Morgan fingerprint density at radius 1 is 1.18 bits per heavy atom. The van der Waals surface area contributed by atoms with Gasteiger partial charge >= 0.3 is 0 Å². The molecule has 2 amide bonds. The fourth-order valence-corrected chi connectivity index (χ4v) is 3.19. The summed E-state index contributed by atoms with van der Waals surface area (Å²) in [5.41, 5.74) is 1.54. The first kappa shape index (κ1) is 26.4. The Morgan fingerprint density at radius 3 is 2.52 bits per heavy atom. The second kappa shape index (κ2) is 13.0. The van der Waals surface area contributed by atoms with Crippen LogP contribution >= 0.6 is 24.0 Å². The fraction of sp³-hybridized carbons (Fsp3) is 0.348. The molecule has 2 aromatic rings. The maximum Gasteiger partial charge on any atom is 0.254 e. The SMILES string of the molecule is CN=C(NCc1ccc(C(=O)N2CCNC(=O)C2)cc1)NCC(C)Oc1ccc(F)cc1.I. The predicted molar refractivity (Wildman–Crippen MR) is 135 cm³/mol. The highest BCUT2D eigenvalue weighted by atomic mass is 127. The molecule has 1 fully saturated rings. The molecule has 1 heterocycles. The van der Waals surface area contributed by atoms with Crippen molar-refractivity contribution in [1.82, 2.24) is 20.9 Å². The van der Waals surface area contributed by atoms with Gasteiger partial charge in [-0.3, -0.25) is 14.6 Å². The quantitative estimate of drug-likeness (QED) is 0.270. The number of aliphatic imine (C=N–C) groups is 1. The summed E-state index contributed by atoms with van der Waals surface area (Å²) in [6.07, 6.45) is -0.152. The predicted octanol–water partition coefficient (Wildman–Crippen LogP) is 2.15. The Bertz CT molecular complexity index is 954. The molecule has 0 bridgehead atoms. The minimum absolute atomic E-state index is 0. The zero-order chi connectivity index (χ0) is 22.9. The molecule has 0 aromatic heterocycles. The van der Waals surface area contributed by atoms with E-state index in [2.05, 4.69) is 20.9 Å². The van der Waals surface area contributed by atoms with Gasteiger partial charge in [-0.15, -0.1) is 24.0 Å². The molecule has 178 valence electrons. The monoisotopic (exact) mass is 569 g/mol. The first-order chi connectivity index (χ1) is 15.4. The minimum Gasteiger partial charge on any atom is -0.489 e. The number of guanidine groups is 1. The van der Waals surface area contributed by atoms with Gasteiger partial charge in [0, 0.05) is 32.2 Å². The molecule has 1 saturated heterocycles. The van der Waals surface area contributed by atoms with Crippen LogP contribution in [0.3, 0.4) is 0 Å². The van der Waals surface area contributed by atoms with E-state index in [1.807, 2.05) is 19.1 Å². The third-order valence-corrected chi connectivity index (χ3v) is 4.92. The summed E-state index contributed by atoms with van der Waals surface area (Å²) in [4.78, 5) is 29.8. The molecule has 8 nitrogen and oxygen atoms in total. The van der Waals surface area contributed by atoms with Gasteiger partial charge in [0.2, 0.25) is 5.91 Å². The number of benzene rings is 2. The summed E-state index contributed by atoms with van der Waals surface area (Å²) in [6.45, 7) is 4.02. The lowest BCUT2D eigenvalue weighted by atomic mass is 10.1. The van der Waals surface area contributed by atoms with Crippen molar-refractivity contribution in [3.63, 3.8) is 0 Å². The average Bonchev–Trinajstić information content (AvgIpc) is 2.80. The highest BCUT2D eigenvalue weighted by Gasteiger charge is 2.22. The lowest BCUT2D eigenvalue weighted by molar-refractivity contribution is -0.123. The van der Waals surface area contributed by atoms with Crippen LogP contribution < -0.4 is 20.7 Å². The van der Waals surface area contributed by atoms with E-state index in [0.717, 1.165) is 5.56 Å². The van der Waals surface area contributed by atoms with Crippen molar-refractivity contribution in [3.05, 3.63) is 65.5 Å². The smallest absolute Gasteiger partial charge is 0.254 e. The molecule has 1 atom stereocenters. The van der Waals surface area contributed by atoms with E-state index >= 15 is 0 Å². The first-order valence-electron chi connectivity index (χ1n) is 10.5. The Balaban J connectivity index is 0.00000385. The second-order valence-electron chi connectivity index (χ2n) is 7.46. The van der Waals surface area contributed by atoms with E-state index < -0.39 is 0 Å². The average molecular weight is 569 g/mol. The van der Waals surface area contributed by atoms with E-state index in [1.165, 1.54) is 12.1 Å². The van der Waals surface area contributed by atoms with Crippen molar-refractivity contribution < 1.29 is 18.7 Å². The molecule has 3 rings (SSSR count). The van der Waals surface area contributed by atoms with Gasteiger partial charge in [0.25, 0.3) is 5.91 Å². The van der Waals surface area contributed by atoms with Crippen molar-refractivity contribution in [3.8, 4) is 5.75 Å². The maximum atomic E-state index is 13.0. The van der Waals surface area contributed by atoms with Gasteiger partial charge in [0.15, 0.2) is 5.96 Å². The second-order valence-corrected chi connectivity index (χ2v) is 7.46. The van der Waals surface area contributed by atoms with E-state index in [9.17, 15) is 14.0 Å². The number of piperazine rings is 1. The van der Waals surface area contributed by atoms with Crippen molar-refractivity contribution in [2.24, 2.45) is 4.99 Å². The van der Waals surface area contributed by atoms with Crippen molar-refractivity contribution in [1.29, 1.82) is 0 Å². The summed E-state index contributed by atoms with van der Waals surface area (Å²) < 4.78 is 18.7.